The molecule has 1 aliphatic heterocycles. The van der Waals surface area contributed by atoms with E-state index in [2.05, 4.69) is 28.9 Å². The second-order valence-corrected chi connectivity index (χ2v) is 5.20. The maximum atomic E-state index is 8.93. The van der Waals surface area contributed by atoms with Gasteiger partial charge in [0.25, 0.3) is 0 Å². The van der Waals surface area contributed by atoms with Crippen molar-refractivity contribution in [1.82, 2.24) is 4.98 Å². The third-order valence-electron chi connectivity index (χ3n) is 3.90. The normalized spacial score (nSPS) is 23.9. The van der Waals surface area contributed by atoms with Gasteiger partial charge in [0.2, 0.25) is 0 Å². The highest BCUT2D eigenvalue weighted by atomic mass is 16.4. The van der Waals surface area contributed by atoms with Gasteiger partial charge in [-0.2, -0.15) is 0 Å². The van der Waals surface area contributed by atoms with Crippen molar-refractivity contribution in [3.8, 4) is 0 Å². The molecule has 3 N–H and O–H groups in total. The van der Waals surface area contributed by atoms with Crippen molar-refractivity contribution in [2.24, 2.45) is 10.9 Å². The predicted octanol–water partition coefficient (Wildman–Crippen LogP) is 2.25. The molecule has 0 spiro atoms. The van der Waals surface area contributed by atoms with Gasteiger partial charge in [0.1, 0.15) is 5.82 Å². The number of nitrogens with zero attached hydrogens (tertiary/aromatic N) is 3. The summed E-state index contributed by atoms with van der Waals surface area (Å²) in [6.07, 6.45) is 3.40. The summed E-state index contributed by atoms with van der Waals surface area (Å²) in [5.74, 6) is 0.962. The molecular formula is C14H22N4O. The molecule has 5 nitrogen and oxygen atoms in total. The van der Waals surface area contributed by atoms with E-state index >= 15 is 0 Å². The van der Waals surface area contributed by atoms with Crippen molar-refractivity contribution in [2.75, 3.05) is 4.90 Å². The second kappa shape index (κ2) is 5.47. The van der Waals surface area contributed by atoms with Crippen LogP contribution < -0.4 is 10.6 Å². The number of aromatic nitrogens is 1. The van der Waals surface area contributed by atoms with Gasteiger partial charge in [-0.3, -0.25) is 0 Å². The highest BCUT2D eigenvalue weighted by molar-refractivity contribution is 6.01. The van der Waals surface area contributed by atoms with Crippen molar-refractivity contribution >= 4 is 11.7 Å². The number of hydrogen-bond acceptors (Lipinski definition) is 4. The number of rotatable bonds is 3. The molecule has 0 aromatic carbocycles. The zero-order chi connectivity index (χ0) is 14.0. The van der Waals surface area contributed by atoms with E-state index in [0.717, 1.165) is 24.4 Å². The number of amidine groups is 1. The quantitative estimate of drug-likeness (QED) is 0.379. The van der Waals surface area contributed by atoms with Crippen molar-refractivity contribution in [1.29, 1.82) is 0 Å². The fourth-order valence-electron chi connectivity index (χ4n) is 2.85. The van der Waals surface area contributed by atoms with Gasteiger partial charge in [0.05, 0.1) is 5.56 Å². The maximum Gasteiger partial charge on any atom is 0.173 e. The lowest BCUT2D eigenvalue weighted by atomic mass is 10.1. The Balaban J connectivity index is 2.50. The van der Waals surface area contributed by atoms with Crippen molar-refractivity contribution < 1.29 is 5.21 Å². The van der Waals surface area contributed by atoms with Gasteiger partial charge in [0.15, 0.2) is 5.84 Å². The average molecular weight is 262 g/mol. The van der Waals surface area contributed by atoms with E-state index in [0.29, 0.717) is 17.6 Å². The van der Waals surface area contributed by atoms with E-state index in [9.17, 15) is 0 Å². The molecule has 2 rings (SSSR count). The largest absolute Gasteiger partial charge is 0.409 e. The Labute approximate surface area is 114 Å². The first kappa shape index (κ1) is 13.6. The van der Waals surface area contributed by atoms with E-state index in [1.165, 1.54) is 6.42 Å². The number of pyridine rings is 1. The zero-order valence-electron chi connectivity index (χ0n) is 11.8. The van der Waals surface area contributed by atoms with Crippen molar-refractivity contribution in [2.45, 2.75) is 52.1 Å². The predicted molar refractivity (Wildman–Crippen MR) is 76.7 cm³/mol. The first-order valence-corrected chi connectivity index (χ1v) is 6.82. The number of hydrogen-bond donors (Lipinski definition) is 2. The fraction of sp³-hybridized carbons (Fsp3) is 0.571. The van der Waals surface area contributed by atoms with Gasteiger partial charge < -0.3 is 15.8 Å². The van der Waals surface area contributed by atoms with Gasteiger partial charge in [-0.15, -0.1) is 0 Å². The van der Waals surface area contributed by atoms with E-state index in [1.807, 2.05) is 19.1 Å². The van der Waals surface area contributed by atoms with Crippen LogP contribution in [0.2, 0.25) is 0 Å². The monoisotopic (exact) mass is 262 g/mol. The smallest absolute Gasteiger partial charge is 0.173 e. The van der Waals surface area contributed by atoms with Crippen LogP contribution in [-0.2, 0) is 0 Å². The van der Waals surface area contributed by atoms with Gasteiger partial charge in [-0.1, -0.05) is 12.1 Å². The van der Waals surface area contributed by atoms with Crippen LogP contribution in [0.4, 0.5) is 5.82 Å². The third-order valence-corrected chi connectivity index (χ3v) is 3.90. The number of anilines is 1. The maximum absolute atomic E-state index is 8.93. The minimum atomic E-state index is 0.122. The Morgan fingerprint density at radius 2 is 2.26 bits per heavy atom. The van der Waals surface area contributed by atoms with Gasteiger partial charge in [0, 0.05) is 17.8 Å². The fourth-order valence-corrected chi connectivity index (χ4v) is 2.85. The molecular weight excluding hydrogens is 240 g/mol. The highest BCUT2D eigenvalue weighted by Crippen LogP contribution is 2.33. The van der Waals surface area contributed by atoms with E-state index in [-0.39, 0.29) is 5.84 Å². The number of aryl methyl sites for hydroxylation is 1. The topological polar surface area (TPSA) is 74.7 Å². The third kappa shape index (κ3) is 2.50. The highest BCUT2D eigenvalue weighted by Gasteiger charge is 2.32. The molecule has 19 heavy (non-hydrogen) atoms. The van der Waals surface area contributed by atoms with Crippen molar-refractivity contribution in [3.63, 3.8) is 0 Å². The van der Waals surface area contributed by atoms with Crippen molar-refractivity contribution in [3.05, 3.63) is 23.4 Å². The molecule has 2 heterocycles. The SMILES string of the molecule is CCC1CCC(C)N1c1nc(C)ccc1/C(N)=N/O. The summed E-state index contributed by atoms with van der Waals surface area (Å²) in [6.45, 7) is 6.35. The molecule has 2 unspecified atom stereocenters. The molecule has 0 aliphatic carbocycles. The summed E-state index contributed by atoms with van der Waals surface area (Å²) in [5.41, 5.74) is 7.43. The number of oxime groups is 1. The standard InChI is InChI=1S/C14H22N4O/c1-4-11-7-6-10(3)18(11)14-12(13(15)17-19)8-5-9(2)16-14/h5,8,10-11,19H,4,6-7H2,1-3H3,(H2,15,17). The Hall–Kier alpha value is -1.78. The summed E-state index contributed by atoms with van der Waals surface area (Å²) >= 11 is 0. The lowest BCUT2D eigenvalue weighted by molar-refractivity contribution is 0.318. The molecule has 0 amide bonds. The molecule has 0 radical (unpaired) electrons. The minimum absolute atomic E-state index is 0.122. The summed E-state index contributed by atoms with van der Waals surface area (Å²) in [4.78, 5) is 6.95. The summed E-state index contributed by atoms with van der Waals surface area (Å²) < 4.78 is 0. The van der Waals surface area contributed by atoms with Crippen LogP contribution in [0.3, 0.4) is 0 Å². The summed E-state index contributed by atoms with van der Waals surface area (Å²) in [5, 5.41) is 12.1. The summed E-state index contributed by atoms with van der Waals surface area (Å²) in [6, 6.07) is 4.68. The second-order valence-electron chi connectivity index (χ2n) is 5.20. The first-order chi connectivity index (χ1) is 9.08. The molecule has 5 heteroatoms. The minimum Gasteiger partial charge on any atom is -0.409 e. The van der Waals surface area contributed by atoms with Crippen LogP contribution in [0, 0.1) is 6.92 Å². The van der Waals surface area contributed by atoms with E-state index in [1.54, 1.807) is 0 Å². The first-order valence-electron chi connectivity index (χ1n) is 6.82. The van der Waals surface area contributed by atoms with Gasteiger partial charge in [-0.05, 0) is 45.2 Å². The number of nitrogens with two attached hydrogens (primary N) is 1. The Bertz CT molecular complexity index is 486. The van der Waals surface area contributed by atoms with Crippen LogP contribution >= 0.6 is 0 Å². The van der Waals surface area contributed by atoms with Crippen LogP contribution in [0.25, 0.3) is 0 Å². The Morgan fingerprint density at radius 1 is 1.53 bits per heavy atom. The average Bonchev–Trinajstić information content (AvgIpc) is 2.78. The molecule has 2 atom stereocenters. The van der Waals surface area contributed by atoms with Crippen LogP contribution in [0.5, 0.6) is 0 Å². The molecule has 1 aromatic heterocycles. The molecule has 104 valence electrons. The molecule has 1 aromatic rings. The van der Waals surface area contributed by atoms with Crippen LogP contribution in [-0.4, -0.2) is 28.1 Å². The molecule has 1 saturated heterocycles. The van der Waals surface area contributed by atoms with E-state index < -0.39 is 0 Å². The molecule has 1 aliphatic rings. The lowest BCUT2D eigenvalue weighted by Crippen LogP contribution is -2.36. The zero-order valence-corrected chi connectivity index (χ0v) is 11.8. The molecule has 0 saturated carbocycles. The van der Waals surface area contributed by atoms with E-state index in [4.69, 9.17) is 10.9 Å². The summed E-state index contributed by atoms with van der Waals surface area (Å²) in [7, 11) is 0. The molecule has 1 fully saturated rings. The van der Waals surface area contributed by atoms with Crippen LogP contribution in [0.15, 0.2) is 17.3 Å². The Kier molecular flexibility index (Phi) is 3.93. The molecule has 0 bridgehead atoms. The van der Waals surface area contributed by atoms with Gasteiger partial charge in [-0.25, -0.2) is 4.98 Å². The van der Waals surface area contributed by atoms with Crippen LogP contribution in [0.1, 0.15) is 44.4 Å². The van der Waals surface area contributed by atoms with Gasteiger partial charge >= 0.3 is 0 Å². The lowest BCUT2D eigenvalue weighted by Gasteiger charge is -2.31. The Morgan fingerprint density at radius 3 is 2.89 bits per heavy atom.